The molecule has 0 rings (SSSR count). The van der Waals surface area contributed by atoms with E-state index in [1.165, 1.54) is 0 Å². The minimum atomic E-state index is 0.0316. The van der Waals surface area contributed by atoms with E-state index in [2.05, 4.69) is 5.32 Å². The van der Waals surface area contributed by atoms with E-state index in [1.807, 2.05) is 20.8 Å². The van der Waals surface area contributed by atoms with E-state index in [1.54, 1.807) is 0 Å². The molecule has 0 aliphatic heterocycles. The lowest BCUT2D eigenvalue weighted by Gasteiger charge is -2.18. The predicted molar refractivity (Wildman–Crippen MR) is 56.5 cm³/mol. The maximum absolute atomic E-state index is 8.97. The standard InChI is InChI=1S/C10H23NO3/c1-4-11-10(6-12)8-14-9(3)7-13-5-2/h9-12H,4-8H2,1-3H3. The molecule has 0 spiro atoms. The van der Waals surface area contributed by atoms with Gasteiger partial charge in [0.2, 0.25) is 0 Å². The van der Waals surface area contributed by atoms with Gasteiger partial charge >= 0.3 is 0 Å². The molecule has 2 atom stereocenters. The van der Waals surface area contributed by atoms with Gasteiger partial charge in [0.1, 0.15) is 0 Å². The molecule has 0 aromatic rings. The van der Waals surface area contributed by atoms with Crippen molar-refractivity contribution in [3.05, 3.63) is 0 Å². The normalized spacial score (nSPS) is 15.4. The molecule has 0 saturated carbocycles. The first-order chi connectivity index (χ1) is 6.74. The highest BCUT2D eigenvalue weighted by Crippen LogP contribution is 1.94. The highest BCUT2D eigenvalue weighted by atomic mass is 16.5. The smallest absolute Gasteiger partial charge is 0.0781 e. The van der Waals surface area contributed by atoms with Crippen LogP contribution in [-0.2, 0) is 9.47 Å². The highest BCUT2D eigenvalue weighted by Gasteiger charge is 2.08. The lowest BCUT2D eigenvalue weighted by atomic mass is 10.3. The minimum Gasteiger partial charge on any atom is -0.395 e. The molecule has 0 bridgehead atoms. The molecule has 0 saturated heterocycles. The number of hydrogen-bond donors (Lipinski definition) is 2. The zero-order chi connectivity index (χ0) is 10.8. The summed E-state index contributed by atoms with van der Waals surface area (Å²) < 4.78 is 10.7. The van der Waals surface area contributed by atoms with Gasteiger partial charge < -0.3 is 19.9 Å². The van der Waals surface area contributed by atoms with E-state index in [0.29, 0.717) is 19.8 Å². The molecule has 0 aromatic heterocycles. The summed E-state index contributed by atoms with van der Waals surface area (Å²) >= 11 is 0. The second kappa shape index (κ2) is 9.40. The van der Waals surface area contributed by atoms with Crippen molar-refractivity contribution in [1.29, 1.82) is 0 Å². The van der Waals surface area contributed by atoms with E-state index in [0.717, 1.165) is 6.54 Å². The highest BCUT2D eigenvalue weighted by molar-refractivity contribution is 4.63. The largest absolute Gasteiger partial charge is 0.395 e. The van der Waals surface area contributed by atoms with Gasteiger partial charge in [0.25, 0.3) is 0 Å². The number of nitrogens with one attached hydrogen (secondary N) is 1. The van der Waals surface area contributed by atoms with Crippen LogP contribution in [-0.4, -0.2) is 50.2 Å². The van der Waals surface area contributed by atoms with Crippen LogP contribution < -0.4 is 5.32 Å². The fourth-order valence-corrected chi connectivity index (χ4v) is 1.08. The number of aliphatic hydroxyl groups is 1. The van der Waals surface area contributed by atoms with Crippen LogP contribution in [0.2, 0.25) is 0 Å². The van der Waals surface area contributed by atoms with Gasteiger partial charge in [0.15, 0.2) is 0 Å². The number of rotatable bonds is 9. The van der Waals surface area contributed by atoms with E-state index in [-0.39, 0.29) is 18.8 Å². The molecule has 4 heteroatoms. The fourth-order valence-electron chi connectivity index (χ4n) is 1.08. The maximum Gasteiger partial charge on any atom is 0.0781 e. The molecular formula is C10H23NO3. The molecule has 86 valence electrons. The van der Waals surface area contributed by atoms with Crippen LogP contribution in [0.1, 0.15) is 20.8 Å². The molecule has 0 aliphatic carbocycles. The summed E-state index contributed by atoms with van der Waals surface area (Å²) in [7, 11) is 0. The Hall–Kier alpha value is -0.160. The van der Waals surface area contributed by atoms with Crippen LogP contribution in [0.4, 0.5) is 0 Å². The van der Waals surface area contributed by atoms with Crippen LogP contribution in [0, 0.1) is 0 Å². The van der Waals surface area contributed by atoms with Crippen molar-refractivity contribution >= 4 is 0 Å². The number of aliphatic hydroxyl groups excluding tert-OH is 1. The van der Waals surface area contributed by atoms with E-state index in [4.69, 9.17) is 14.6 Å². The molecule has 2 N–H and O–H groups in total. The summed E-state index contributed by atoms with van der Waals surface area (Å²) in [5.41, 5.74) is 0. The van der Waals surface area contributed by atoms with Crippen LogP contribution >= 0.6 is 0 Å². The van der Waals surface area contributed by atoms with Crippen molar-refractivity contribution in [3.8, 4) is 0 Å². The van der Waals surface area contributed by atoms with Crippen LogP contribution in [0.3, 0.4) is 0 Å². The van der Waals surface area contributed by atoms with Gasteiger partial charge in [-0.2, -0.15) is 0 Å². The van der Waals surface area contributed by atoms with Gasteiger partial charge in [0, 0.05) is 6.61 Å². The lowest BCUT2D eigenvalue weighted by Crippen LogP contribution is -2.38. The molecule has 2 unspecified atom stereocenters. The average molecular weight is 205 g/mol. The molecule has 0 heterocycles. The van der Waals surface area contributed by atoms with E-state index in [9.17, 15) is 0 Å². The van der Waals surface area contributed by atoms with Gasteiger partial charge in [-0.3, -0.25) is 0 Å². The summed E-state index contributed by atoms with van der Waals surface area (Å²) in [6, 6.07) is 0.0316. The molecular weight excluding hydrogens is 182 g/mol. The molecule has 0 amide bonds. The second-order valence-electron chi connectivity index (χ2n) is 3.24. The van der Waals surface area contributed by atoms with Gasteiger partial charge in [-0.05, 0) is 20.4 Å². The van der Waals surface area contributed by atoms with E-state index < -0.39 is 0 Å². The van der Waals surface area contributed by atoms with Gasteiger partial charge in [-0.1, -0.05) is 6.92 Å². The summed E-state index contributed by atoms with van der Waals surface area (Å²) in [5, 5.41) is 12.1. The lowest BCUT2D eigenvalue weighted by molar-refractivity contribution is -0.0164. The summed E-state index contributed by atoms with van der Waals surface area (Å²) in [6.07, 6.45) is 0.0858. The zero-order valence-electron chi connectivity index (χ0n) is 9.45. The predicted octanol–water partition coefficient (Wildman–Crippen LogP) is 0.398. The van der Waals surface area contributed by atoms with Crippen molar-refractivity contribution in [3.63, 3.8) is 0 Å². The summed E-state index contributed by atoms with van der Waals surface area (Å²) in [4.78, 5) is 0. The first kappa shape index (κ1) is 13.8. The third-order valence-corrected chi connectivity index (χ3v) is 1.85. The average Bonchev–Trinajstić information content (AvgIpc) is 2.21. The molecule has 0 fully saturated rings. The van der Waals surface area contributed by atoms with Crippen molar-refractivity contribution in [2.45, 2.75) is 32.9 Å². The molecule has 0 radical (unpaired) electrons. The number of likely N-dealkylation sites (N-methyl/N-ethyl adjacent to an activating group) is 1. The Morgan fingerprint density at radius 2 is 2.00 bits per heavy atom. The zero-order valence-corrected chi connectivity index (χ0v) is 9.45. The molecule has 14 heavy (non-hydrogen) atoms. The van der Waals surface area contributed by atoms with Gasteiger partial charge in [0.05, 0.1) is 32.0 Å². The van der Waals surface area contributed by atoms with Crippen LogP contribution in [0.15, 0.2) is 0 Å². The molecule has 0 aliphatic rings. The first-order valence-electron chi connectivity index (χ1n) is 5.28. The summed E-state index contributed by atoms with van der Waals surface area (Å²) in [5.74, 6) is 0. The Labute approximate surface area is 86.6 Å². The number of hydrogen-bond acceptors (Lipinski definition) is 4. The van der Waals surface area contributed by atoms with Gasteiger partial charge in [-0.25, -0.2) is 0 Å². The Morgan fingerprint density at radius 3 is 2.50 bits per heavy atom. The van der Waals surface area contributed by atoms with Crippen molar-refractivity contribution in [2.24, 2.45) is 0 Å². The molecule has 4 nitrogen and oxygen atoms in total. The molecule has 0 aromatic carbocycles. The van der Waals surface area contributed by atoms with Crippen LogP contribution in [0.5, 0.6) is 0 Å². The quantitative estimate of drug-likeness (QED) is 0.572. The second-order valence-corrected chi connectivity index (χ2v) is 3.24. The topological polar surface area (TPSA) is 50.7 Å². The maximum atomic E-state index is 8.97. The third kappa shape index (κ3) is 7.26. The Kier molecular flexibility index (Phi) is 9.29. The Balaban J connectivity index is 3.46. The van der Waals surface area contributed by atoms with Crippen molar-refractivity contribution in [1.82, 2.24) is 5.32 Å². The van der Waals surface area contributed by atoms with Crippen molar-refractivity contribution in [2.75, 3.05) is 33.0 Å². The Bertz CT molecular complexity index is 122. The van der Waals surface area contributed by atoms with Crippen LogP contribution in [0.25, 0.3) is 0 Å². The number of ether oxygens (including phenoxy) is 2. The first-order valence-corrected chi connectivity index (χ1v) is 5.28. The Morgan fingerprint density at radius 1 is 1.29 bits per heavy atom. The van der Waals surface area contributed by atoms with Crippen molar-refractivity contribution < 1.29 is 14.6 Å². The fraction of sp³-hybridized carbons (Fsp3) is 1.00. The van der Waals surface area contributed by atoms with E-state index >= 15 is 0 Å². The third-order valence-electron chi connectivity index (χ3n) is 1.85. The minimum absolute atomic E-state index is 0.0316. The SMILES string of the molecule is CCNC(CO)COC(C)COCC. The van der Waals surface area contributed by atoms with Gasteiger partial charge in [-0.15, -0.1) is 0 Å². The monoisotopic (exact) mass is 205 g/mol. The summed E-state index contributed by atoms with van der Waals surface area (Å²) in [6.45, 7) is 8.73.